The van der Waals surface area contributed by atoms with Crippen molar-refractivity contribution in [2.75, 3.05) is 11.9 Å². The molecule has 3 rings (SSSR count). The molecule has 134 valence electrons. The van der Waals surface area contributed by atoms with Crippen LogP contribution < -0.4 is 5.32 Å². The highest BCUT2D eigenvalue weighted by molar-refractivity contribution is 7.21. The number of thiophene rings is 1. The number of nitrogens with zero attached hydrogens (tertiary/aromatic N) is 1. The Morgan fingerprint density at radius 3 is 2.65 bits per heavy atom. The Morgan fingerprint density at radius 1 is 1.19 bits per heavy atom. The number of nitrogens with one attached hydrogen (secondary N) is 1. The van der Waals surface area contributed by atoms with E-state index in [4.69, 9.17) is 39.5 Å². The van der Waals surface area contributed by atoms with E-state index in [-0.39, 0.29) is 15.7 Å². The molecule has 2 heterocycles. The SMILES string of the molecule is Cc1c(Cl)cnc(NC(=O)COC(=O)c2sc3ccccc3c2Cl)c1Cl. The summed E-state index contributed by atoms with van der Waals surface area (Å²) >= 11 is 19.4. The van der Waals surface area contributed by atoms with E-state index < -0.39 is 18.5 Å². The van der Waals surface area contributed by atoms with Gasteiger partial charge in [-0.15, -0.1) is 11.3 Å². The van der Waals surface area contributed by atoms with Crippen LogP contribution in [0.2, 0.25) is 15.1 Å². The van der Waals surface area contributed by atoms with Gasteiger partial charge in [-0.2, -0.15) is 0 Å². The van der Waals surface area contributed by atoms with Crippen molar-refractivity contribution in [2.45, 2.75) is 6.92 Å². The smallest absolute Gasteiger partial charge is 0.350 e. The van der Waals surface area contributed by atoms with Crippen molar-refractivity contribution in [3.05, 3.63) is 56.0 Å². The molecule has 1 amide bonds. The van der Waals surface area contributed by atoms with Crippen molar-refractivity contribution in [1.82, 2.24) is 4.98 Å². The predicted molar refractivity (Wildman–Crippen MR) is 105 cm³/mol. The van der Waals surface area contributed by atoms with E-state index >= 15 is 0 Å². The number of hydrogen-bond acceptors (Lipinski definition) is 5. The van der Waals surface area contributed by atoms with Gasteiger partial charge in [-0.05, 0) is 18.6 Å². The third-order valence-electron chi connectivity index (χ3n) is 3.51. The molecule has 0 aliphatic carbocycles. The first-order valence-electron chi connectivity index (χ1n) is 7.33. The number of carbonyl (C=O) groups is 2. The summed E-state index contributed by atoms with van der Waals surface area (Å²) < 4.78 is 5.91. The summed E-state index contributed by atoms with van der Waals surface area (Å²) in [6, 6.07) is 7.34. The van der Waals surface area contributed by atoms with Gasteiger partial charge in [0.05, 0.1) is 15.1 Å². The molecule has 0 aliphatic rings. The molecule has 0 unspecified atom stereocenters. The third-order valence-corrected chi connectivity index (χ3v) is 6.01. The number of halogens is 3. The van der Waals surface area contributed by atoms with Gasteiger partial charge in [-0.3, -0.25) is 4.79 Å². The van der Waals surface area contributed by atoms with Gasteiger partial charge in [-0.25, -0.2) is 9.78 Å². The Balaban J connectivity index is 1.66. The first-order valence-corrected chi connectivity index (χ1v) is 9.28. The molecule has 3 aromatic rings. The van der Waals surface area contributed by atoms with Crippen molar-refractivity contribution < 1.29 is 14.3 Å². The highest BCUT2D eigenvalue weighted by Gasteiger charge is 2.20. The van der Waals surface area contributed by atoms with Gasteiger partial charge in [0, 0.05) is 16.3 Å². The van der Waals surface area contributed by atoms with Crippen LogP contribution in [0.3, 0.4) is 0 Å². The number of ether oxygens (including phenoxy) is 1. The molecular weight excluding hydrogens is 419 g/mol. The number of fused-ring (bicyclic) bond motifs is 1. The quantitative estimate of drug-likeness (QED) is 0.567. The maximum absolute atomic E-state index is 12.2. The zero-order chi connectivity index (χ0) is 18.8. The van der Waals surface area contributed by atoms with Crippen molar-refractivity contribution in [3.63, 3.8) is 0 Å². The zero-order valence-corrected chi connectivity index (χ0v) is 16.4. The summed E-state index contributed by atoms with van der Waals surface area (Å²) in [5.74, 6) is -1.10. The summed E-state index contributed by atoms with van der Waals surface area (Å²) in [5, 5.41) is 4.17. The fraction of sp³-hybridized carbons (Fsp3) is 0.118. The van der Waals surface area contributed by atoms with Gasteiger partial charge in [0.2, 0.25) is 0 Å². The average Bonchev–Trinajstić information content (AvgIpc) is 2.97. The van der Waals surface area contributed by atoms with Crippen molar-refractivity contribution in [2.24, 2.45) is 0 Å². The molecule has 2 aromatic heterocycles. The van der Waals surface area contributed by atoms with E-state index in [1.807, 2.05) is 24.3 Å². The highest BCUT2D eigenvalue weighted by Crippen LogP contribution is 2.35. The molecule has 0 saturated heterocycles. The van der Waals surface area contributed by atoms with Crippen LogP contribution in [0.4, 0.5) is 5.82 Å². The molecule has 5 nitrogen and oxygen atoms in total. The van der Waals surface area contributed by atoms with Gasteiger partial charge in [-0.1, -0.05) is 53.0 Å². The Labute approximate surface area is 167 Å². The number of amides is 1. The fourth-order valence-corrected chi connectivity index (χ4v) is 3.95. The lowest BCUT2D eigenvalue weighted by Gasteiger charge is -2.09. The Hall–Kier alpha value is -1.86. The van der Waals surface area contributed by atoms with Gasteiger partial charge < -0.3 is 10.1 Å². The summed E-state index contributed by atoms with van der Waals surface area (Å²) in [6.45, 7) is 1.20. The largest absolute Gasteiger partial charge is 0.451 e. The van der Waals surface area contributed by atoms with Crippen LogP contribution in [0.25, 0.3) is 10.1 Å². The molecule has 0 saturated carbocycles. The summed E-state index contributed by atoms with van der Waals surface area (Å²) in [7, 11) is 0. The van der Waals surface area contributed by atoms with E-state index in [1.54, 1.807) is 6.92 Å². The second kappa shape index (κ2) is 7.80. The zero-order valence-electron chi connectivity index (χ0n) is 13.3. The maximum Gasteiger partial charge on any atom is 0.350 e. The first-order chi connectivity index (χ1) is 12.4. The van der Waals surface area contributed by atoms with Gasteiger partial charge >= 0.3 is 5.97 Å². The Bertz CT molecular complexity index is 1020. The molecule has 0 fully saturated rings. The molecule has 26 heavy (non-hydrogen) atoms. The molecule has 0 spiro atoms. The van der Waals surface area contributed by atoms with Crippen LogP contribution in [-0.4, -0.2) is 23.5 Å². The Morgan fingerprint density at radius 2 is 1.92 bits per heavy atom. The minimum Gasteiger partial charge on any atom is -0.451 e. The lowest BCUT2D eigenvalue weighted by Crippen LogP contribution is -2.21. The molecule has 0 radical (unpaired) electrons. The average molecular weight is 430 g/mol. The number of aromatic nitrogens is 1. The normalized spacial score (nSPS) is 10.8. The second-order valence-corrected chi connectivity index (χ2v) is 7.47. The molecule has 0 atom stereocenters. The van der Waals surface area contributed by atoms with Crippen LogP contribution in [-0.2, 0) is 9.53 Å². The summed E-state index contributed by atoms with van der Waals surface area (Å²) in [5.41, 5.74) is 0.590. The van der Waals surface area contributed by atoms with Crippen LogP contribution in [0, 0.1) is 6.92 Å². The predicted octanol–water partition coefficient (Wildman–Crippen LogP) is 5.36. The van der Waals surface area contributed by atoms with E-state index in [2.05, 4.69) is 10.3 Å². The van der Waals surface area contributed by atoms with Crippen LogP contribution in [0.5, 0.6) is 0 Å². The molecule has 1 aromatic carbocycles. The molecule has 9 heteroatoms. The monoisotopic (exact) mass is 428 g/mol. The number of carbonyl (C=O) groups excluding carboxylic acids is 2. The number of rotatable bonds is 4. The van der Waals surface area contributed by atoms with Gasteiger partial charge in [0.25, 0.3) is 5.91 Å². The van der Waals surface area contributed by atoms with Crippen LogP contribution in [0.15, 0.2) is 30.5 Å². The fourth-order valence-electron chi connectivity index (χ4n) is 2.15. The second-order valence-electron chi connectivity index (χ2n) is 5.26. The molecule has 0 bridgehead atoms. The Kier molecular flexibility index (Phi) is 5.67. The van der Waals surface area contributed by atoms with E-state index in [0.29, 0.717) is 15.6 Å². The van der Waals surface area contributed by atoms with Gasteiger partial charge in [0.15, 0.2) is 12.4 Å². The van der Waals surface area contributed by atoms with E-state index in [9.17, 15) is 9.59 Å². The standard InChI is InChI=1S/C17H11Cl3N2O3S/c1-8-10(18)6-21-16(13(8)19)22-12(23)7-25-17(24)15-14(20)9-4-2-3-5-11(9)26-15/h2-6H,7H2,1H3,(H,21,22,23). The highest BCUT2D eigenvalue weighted by atomic mass is 35.5. The lowest BCUT2D eigenvalue weighted by atomic mass is 10.2. The number of benzene rings is 1. The third kappa shape index (κ3) is 3.78. The number of pyridine rings is 1. The summed E-state index contributed by atoms with van der Waals surface area (Å²) in [4.78, 5) is 28.4. The molecule has 1 N–H and O–H groups in total. The molecular formula is C17H11Cl3N2O3S. The first kappa shape index (κ1) is 18.9. The van der Waals surface area contributed by atoms with Crippen LogP contribution in [0.1, 0.15) is 15.2 Å². The minimum absolute atomic E-state index is 0.148. The summed E-state index contributed by atoms with van der Waals surface area (Å²) in [6.07, 6.45) is 1.38. The van der Waals surface area contributed by atoms with E-state index in [0.717, 1.165) is 10.1 Å². The molecule has 0 aliphatic heterocycles. The van der Waals surface area contributed by atoms with Crippen molar-refractivity contribution >= 4 is 73.9 Å². The van der Waals surface area contributed by atoms with Crippen molar-refractivity contribution in [1.29, 1.82) is 0 Å². The maximum atomic E-state index is 12.2. The lowest BCUT2D eigenvalue weighted by molar-refractivity contribution is -0.119. The topological polar surface area (TPSA) is 68.3 Å². The number of hydrogen-bond donors (Lipinski definition) is 1. The van der Waals surface area contributed by atoms with Crippen molar-refractivity contribution in [3.8, 4) is 0 Å². The van der Waals surface area contributed by atoms with Gasteiger partial charge in [0.1, 0.15) is 4.88 Å². The number of anilines is 1. The van der Waals surface area contributed by atoms with Crippen LogP contribution >= 0.6 is 46.1 Å². The van der Waals surface area contributed by atoms with E-state index in [1.165, 1.54) is 17.5 Å². The minimum atomic E-state index is -0.669. The number of esters is 1.